The Labute approximate surface area is 116 Å². The SMILES string of the molecule is CCCOc1ccc(Cl)cc1CNCCC(C)C. The van der Waals surface area contributed by atoms with Crippen LogP contribution in [0.25, 0.3) is 0 Å². The summed E-state index contributed by atoms with van der Waals surface area (Å²) < 4.78 is 5.72. The van der Waals surface area contributed by atoms with E-state index in [4.69, 9.17) is 16.3 Å². The molecule has 0 heterocycles. The summed E-state index contributed by atoms with van der Waals surface area (Å²) in [4.78, 5) is 0. The Hall–Kier alpha value is -0.730. The highest BCUT2D eigenvalue weighted by Gasteiger charge is 2.04. The van der Waals surface area contributed by atoms with Crippen LogP contribution in [0.15, 0.2) is 18.2 Å². The van der Waals surface area contributed by atoms with E-state index < -0.39 is 0 Å². The number of hydrogen-bond acceptors (Lipinski definition) is 2. The largest absolute Gasteiger partial charge is 0.493 e. The average Bonchev–Trinajstić information content (AvgIpc) is 2.33. The molecule has 0 radical (unpaired) electrons. The van der Waals surface area contributed by atoms with Crippen LogP contribution in [0.4, 0.5) is 0 Å². The van der Waals surface area contributed by atoms with E-state index in [-0.39, 0.29) is 0 Å². The fourth-order valence-corrected chi connectivity index (χ4v) is 1.85. The van der Waals surface area contributed by atoms with E-state index >= 15 is 0 Å². The Morgan fingerprint density at radius 1 is 1.33 bits per heavy atom. The van der Waals surface area contributed by atoms with E-state index in [2.05, 4.69) is 26.1 Å². The maximum Gasteiger partial charge on any atom is 0.123 e. The van der Waals surface area contributed by atoms with Crippen LogP contribution in [-0.4, -0.2) is 13.2 Å². The summed E-state index contributed by atoms with van der Waals surface area (Å²) in [7, 11) is 0. The molecule has 1 aromatic rings. The van der Waals surface area contributed by atoms with Crippen LogP contribution in [0, 0.1) is 5.92 Å². The predicted octanol–water partition coefficient (Wildman–Crippen LogP) is 4.26. The van der Waals surface area contributed by atoms with E-state index in [0.29, 0.717) is 0 Å². The minimum atomic E-state index is 0.729. The van der Waals surface area contributed by atoms with Crippen LogP contribution in [0.1, 0.15) is 39.2 Å². The lowest BCUT2D eigenvalue weighted by molar-refractivity contribution is 0.313. The molecule has 0 aliphatic carbocycles. The summed E-state index contributed by atoms with van der Waals surface area (Å²) in [5.41, 5.74) is 1.14. The number of benzene rings is 1. The molecule has 1 N–H and O–H groups in total. The van der Waals surface area contributed by atoms with E-state index in [1.807, 2.05) is 18.2 Å². The van der Waals surface area contributed by atoms with E-state index in [0.717, 1.165) is 48.4 Å². The first-order valence-electron chi connectivity index (χ1n) is 6.75. The normalized spacial score (nSPS) is 10.9. The zero-order chi connectivity index (χ0) is 13.4. The van der Waals surface area contributed by atoms with Gasteiger partial charge in [-0.1, -0.05) is 32.4 Å². The monoisotopic (exact) mass is 269 g/mol. The molecule has 0 fully saturated rings. The molecule has 0 aliphatic rings. The molecule has 0 saturated heterocycles. The molecule has 0 saturated carbocycles. The Morgan fingerprint density at radius 3 is 2.78 bits per heavy atom. The van der Waals surface area contributed by atoms with Gasteiger partial charge in [-0.05, 0) is 43.5 Å². The van der Waals surface area contributed by atoms with Gasteiger partial charge in [-0.2, -0.15) is 0 Å². The Kier molecular flexibility index (Phi) is 7.14. The van der Waals surface area contributed by atoms with Crippen LogP contribution in [0.3, 0.4) is 0 Å². The molecule has 18 heavy (non-hydrogen) atoms. The van der Waals surface area contributed by atoms with Gasteiger partial charge in [0.15, 0.2) is 0 Å². The van der Waals surface area contributed by atoms with Gasteiger partial charge < -0.3 is 10.1 Å². The minimum Gasteiger partial charge on any atom is -0.493 e. The smallest absolute Gasteiger partial charge is 0.123 e. The Morgan fingerprint density at radius 2 is 2.11 bits per heavy atom. The lowest BCUT2D eigenvalue weighted by Gasteiger charge is -2.12. The maximum absolute atomic E-state index is 6.03. The van der Waals surface area contributed by atoms with Crippen molar-refractivity contribution in [2.75, 3.05) is 13.2 Å². The van der Waals surface area contributed by atoms with Crippen molar-refractivity contribution in [3.05, 3.63) is 28.8 Å². The summed E-state index contributed by atoms with van der Waals surface area (Å²) in [5, 5.41) is 4.20. The Bertz CT molecular complexity index is 352. The van der Waals surface area contributed by atoms with Crippen LogP contribution >= 0.6 is 11.6 Å². The average molecular weight is 270 g/mol. The highest BCUT2D eigenvalue weighted by Crippen LogP contribution is 2.23. The quantitative estimate of drug-likeness (QED) is 0.712. The molecule has 2 nitrogen and oxygen atoms in total. The summed E-state index contributed by atoms with van der Waals surface area (Å²) in [5.74, 6) is 1.67. The third-order valence-electron chi connectivity index (χ3n) is 2.70. The standard InChI is InChI=1S/C15H24ClNO/c1-4-9-18-15-6-5-14(16)10-13(15)11-17-8-7-12(2)3/h5-6,10,12,17H,4,7-9,11H2,1-3H3. The number of halogens is 1. The first kappa shape index (κ1) is 15.3. The number of nitrogens with one attached hydrogen (secondary N) is 1. The van der Waals surface area contributed by atoms with Gasteiger partial charge in [0.25, 0.3) is 0 Å². The molecule has 0 aliphatic heterocycles. The molecule has 1 aromatic carbocycles. The van der Waals surface area contributed by atoms with Crippen molar-refractivity contribution in [2.45, 2.75) is 40.2 Å². The molecule has 1 rings (SSSR count). The molecule has 0 amide bonds. The van der Waals surface area contributed by atoms with Crippen molar-refractivity contribution in [3.63, 3.8) is 0 Å². The summed E-state index contributed by atoms with van der Waals surface area (Å²) in [6.45, 7) is 9.16. The highest BCUT2D eigenvalue weighted by atomic mass is 35.5. The molecular formula is C15H24ClNO. The van der Waals surface area contributed by atoms with Gasteiger partial charge in [-0.3, -0.25) is 0 Å². The fourth-order valence-electron chi connectivity index (χ4n) is 1.65. The van der Waals surface area contributed by atoms with Gasteiger partial charge >= 0.3 is 0 Å². The molecule has 3 heteroatoms. The van der Waals surface area contributed by atoms with Crippen LogP contribution in [-0.2, 0) is 6.54 Å². The van der Waals surface area contributed by atoms with Gasteiger partial charge in [-0.15, -0.1) is 0 Å². The van der Waals surface area contributed by atoms with Gasteiger partial charge in [0, 0.05) is 17.1 Å². The molecule has 0 unspecified atom stereocenters. The molecule has 0 atom stereocenters. The first-order valence-corrected chi connectivity index (χ1v) is 7.13. The Balaban J connectivity index is 2.52. The second-order valence-electron chi connectivity index (χ2n) is 4.96. The summed E-state index contributed by atoms with van der Waals surface area (Å²) >= 11 is 6.03. The second-order valence-corrected chi connectivity index (χ2v) is 5.40. The van der Waals surface area contributed by atoms with Crippen LogP contribution in [0.2, 0.25) is 5.02 Å². The zero-order valence-corrected chi connectivity index (χ0v) is 12.4. The fraction of sp³-hybridized carbons (Fsp3) is 0.600. The van der Waals surface area contributed by atoms with E-state index in [9.17, 15) is 0 Å². The van der Waals surface area contributed by atoms with Crippen molar-refractivity contribution in [1.82, 2.24) is 5.32 Å². The van der Waals surface area contributed by atoms with Gasteiger partial charge in [-0.25, -0.2) is 0 Å². The molecule has 102 valence electrons. The van der Waals surface area contributed by atoms with Gasteiger partial charge in [0.1, 0.15) is 5.75 Å². The van der Waals surface area contributed by atoms with Crippen molar-refractivity contribution >= 4 is 11.6 Å². The molecule has 0 aromatic heterocycles. The number of rotatable bonds is 8. The van der Waals surface area contributed by atoms with Crippen molar-refractivity contribution in [1.29, 1.82) is 0 Å². The molecule has 0 spiro atoms. The lowest BCUT2D eigenvalue weighted by atomic mass is 10.1. The highest BCUT2D eigenvalue weighted by molar-refractivity contribution is 6.30. The topological polar surface area (TPSA) is 21.3 Å². The predicted molar refractivity (Wildman–Crippen MR) is 78.4 cm³/mol. The summed E-state index contributed by atoms with van der Waals surface area (Å²) in [6.07, 6.45) is 2.20. The molecule has 0 bridgehead atoms. The van der Waals surface area contributed by atoms with Crippen molar-refractivity contribution in [2.24, 2.45) is 5.92 Å². The third kappa shape index (κ3) is 5.74. The number of hydrogen-bond donors (Lipinski definition) is 1. The van der Waals surface area contributed by atoms with Crippen molar-refractivity contribution < 1.29 is 4.74 Å². The molecular weight excluding hydrogens is 246 g/mol. The summed E-state index contributed by atoms with van der Waals surface area (Å²) in [6, 6.07) is 5.82. The minimum absolute atomic E-state index is 0.729. The zero-order valence-electron chi connectivity index (χ0n) is 11.6. The first-order chi connectivity index (χ1) is 8.63. The third-order valence-corrected chi connectivity index (χ3v) is 2.93. The van der Waals surface area contributed by atoms with E-state index in [1.165, 1.54) is 6.42 Å². The second kappa shape index (κ2) is 8.39. The maximum atomic E-state index is 6.03. The number of ether oxygens (including phenoxy) is 1. The van der Waals surface area contributed by atoms with E-state index in [1.54, 1.807) is 0 Å². The van der Waals surface area contributed by atoms with Gasteiger partial charge in [0.2, 0.25) is 0 Å². The van der Waals surface area contributed by atoms with Crippen LogP contribution < -0.4 is 10.1 Å². The van der Waals surface area contributed by atoms with Crippen molar-refractivity contribution in [3.8, 4) is 5.75 Å². The van der Waals surface area contributed by atoms with Gasteiger partial charge in [0.05, 0.1) is 6.61 Å². The lowest BCUT2D eigenvalue weighted by Crippen LogP contribution is -2.17. The van der Waals surface area contributed by atoms with Crippen LogP contribution in [0.5, 0.6) is 5.75 Å².